The number of hydrogen-bond acceptors (Lipinski definition) is 0. The molecule has 0 aromatic heterocycles. The molecule has 0 amide bonds. The van der Waals surface area contributed by atoms with Crippen molar-refractivity contribution in [2.75, 3.05) is 0 Å². The van der Waals surface area contributed by atoms with Crippen molar-refractivity contribution in [2.45, 2.75) is 20.3 Å². The molecule has 0 saturated heterocycles. The third-order valence-electron chi connectivity index (χ3n) is 2.07. The highest BCUT2D eigenvalue weighted by Gasteiger charge is 2.03. The average Bonchev–Trinajstić information content (AvgIpc) is 2.17. The van der Waals surface area contributed by atoms with Crippen LogP contribution < -0.4 is 0 Å². The van der Waals surface area contributed by atoms with E-state index < -0.39 is 0 Å². The topological polar surface area (TPSA) is 0 Å². The largest absolute Gasteiger partial charge is 0.206 e. The first kappa shape index (κ1) is 10.5. The number of benzene rings is 1. The van der Waals surface area contributed by atoms with Crippen LogP contribution in [-0.4, -0.2) is 0 Å². The predicted octanol–water partition coefficient (Wildman–Crippen LogP) is 3.62. The third kappa shape index (κ3) is 2.23. The Bertz CT molecular complexity index is 394. The fourth-order valence-electron chi connectivity index (χ4n) is 1.34. The molecule has 0 aliphatic carbocycles. The summed E-state index contributed by atoms with van der Waals surface area (Å²) in [7, 11) is 0. The molecule has 0 nitrogen and oxygen atoms in total. The summed E-state index contributed by atoms with van der Waals surface area (Å²) in [6, 6.07) is 4.87. The van der Waals surface area contributed by atoms with Gasteiger partial charge >= 0.3 is 0 Å². The van der Waals surface area contributed by atoms with Gasteiger partial charge in [0.15, 0.2) is 0 Å². The standard InChI is InChI=1S/C13H13F/c1-4-6-10(3)12-8-7-11(5-2)9-13(12)14/h2,6-9H,4H2,1,3H3/b10-6+. The Morgan fingerprint density at radius 1 is 1.57 bits per heavy atom. The summed E-state index contributed by atoms with van der Waals surface area (Å²) in [4.78, 5) is 0. The highest BCUT2D eigenvalue weighted by atomic mass is 19.1. The van der Waals surface area contributed by atoms with Crippen LogP contribution in [0.5, 0.6) is 0 Å². The molecular weight excluding hydrogens is 175 g/mol. The fourth-order valence-corrected chi connectivity index (χ4v) is 1.34. The number of terminal acetylenes is 1. The van der Waals surface area contributed by atoms with Crippen LogP contribution in [-0.2, 0) is 0 Å². The summed E-state index contributed by atoms with van der Waals surface area (Å²) in [5.74, 6) is 2.16. The number of rotatable bonds is 2. The molecule has 1 heteroatoms. The molecule has 72 valence electrons. The van der Waals surface area contributed by atoms with E-state index in [1.165, 1.54) is 6.07 Å². The zero-order valence-corrected chi connectivity index (χ0v) is 8.47. The van der Waals surface area contributed by atoms with Crippen molar-refractivity contribution < 1.29 is 4.39 Å². The number of allylic oxidation sites excluding steroid dienone is 2. The Hall–Kier alpha value is -1.55. The van der Waals surface area contributed by atoms with Crippen LogP contribution in [0.15, 0.2) is 24.3 Å². The number of halogens is 1. The Labute approximate surface area is 84.5 Å². The second-order valence-electron chi connectivity index (χ2n) is 3.13. The quantitative estimate of drug-likeness (QED) is 0.622. The maximum Gasteiger partial charge on any atom is 0.131 e. The zero-order chi connectivity index (χ0) is 10.6. The van der Waals surface area contributed by atoms with Crippen LogP contribution in [0.2, 0.25) is 0 Å². The Balaban J connectivity index is 3.13. The summed E-state index contributed by atoms with van der Waals surface area (Å²) in [5, 5.41) is 0. The first-order valence-corrected chi connectivity index (χ1v) is 4.62. The molecule has 0 fully saturated rings. The van der Waals surface area contributed by atoms with Gasteiger partial charge in [-0.25, -0.2) is 4.39 Å². The van der Waals surface area contributed by atoms with Crippen molar-refractivity contribution in [1.29, 1.82) is 0 Å². The van der Waals surface area contributed by atoms with Gasteiger partial charge in [0, 0.05) is 11.1 Å². The van der Waals surface area contributed by atoms with Crippen LogP contribution in [0.1, 0.15) is 31.4 Å². The highest BCUT2D eigenvalue weighted by molar-refractivity contribution is 5.64. The summed E-state index contributed by atoms with van der Waals surface area (Å²) >= 11 is 0. The molecular formula is C13H13F. The maximum atomic E-state index is 13.5. The predicted molar refractivity (Wildman–Crippen MR) is 58.3 cm³/mol. The lowest BCUT2D eigenvalue weighted by Crippen LogP contribution is -1.88. The molecule has 1 rings (SSSR count). The van der Waals surface area contributed by atoms with Gasteiger partial charge in [-0.1, -0.05) is 25.0 Å². The molecule has 0 spiro atoms. The molecule has 0 radical (unpaired) electrons. The van der Waals surface area contributed by atoms with Gasteiger partial charge in [0.05, 0.1) is 0 Å². The van der Waals surface area contributed by atoms with Crippen LogP contribution >= 0.6 is 0 Å². The second-order valence-corrected chi connectivity index (χ2v) is 3.13. The molecule has 0 aliphatic rings. The lowest BCUT2D eigenvalue weighted by molar-refractivity contribution is 0.623. The van der Waals surface area contributed by atoms with E-state index in [4.69, 9.17) is 6.42 Å². The van der Waals surface area contributed by atoms with Gasteiger partial charge in [0.1, 0.15) is 5.82 Å². The Morgan fingerprint density at radius 3 is 2.79 bits per heavy atom. The summed E-state index contributed by atoms with van der Waals surface area (Å²) in [6.45, 7) is 3.93. The molecule has 1 aromatic carbocycles. The molecule has 0 bridgehead atoms. The SMILES string of the molecule is C#Cc1ccc(/C(C)=C/CC)c(F)c1. The van der Waals surface area contributed by atoms with E-state index in [1.54, 1.807) is 12.1 Å². The van der Waals surface area contributed by atoms with Crippen LogP contribution in [0.25, 0.3) is 5.57 Å². The van der Waals surface area contributed by atoms with Gasteiger partial charge in [0.2, 0.25) is 0 Å². The van der Waals surface area contributed by atoms with Gasteiger partial charge in [-0.05, 0) is 31.1 Å². The molecule has 0 heterocycles. The lowest BCUT2D eigenvalue weighted by Gasteiger charge is -2.03. The van der Waals surface area contributed by atoms with Crippen molar-refractivity contribution in [3.63, 3.8) is 0 Å². The normalized spacial score (nSPS) is 11.1. The first-order chi connectivity index (χ1) is 6.69. The molecule has 0 saturated carbocycles. The third-order valence-corrected chi connectivity index (χ3v) is 2.07. The Morgan fingerprint density at radius 2 is 2.29 bits per heavy atom. The molecule has 0 N–H and O–H groups in total. The van der Waals surface area contributed by atoms with Gasteiger partial charge in [-0.3, -0.25) is 0 Å². The van der Waals surface area contributed by atoms with Gasteiger partial charge in [-0.15, -0.1) is 6.42 Å². The highest BCUT2D eigenvalue weighted by Crippen LogP contribution is 2.19. The van der Waals surface area contributed by atoms with E-state index in [2.05, 4.69) is 5.92 Å². The van der Waals surface area contributed by atoms with E-state index in [9.17, 15) is 4.39 Å². The van der Waals surface area contributed by atoms with E-state index in [-0.39, 0.29) is 5.82 Å². The van der Waals surface area contributed by atoms with Crippen molar-refractivity contribution in [1.82, 2.24) is 0 Å². The molecule has 0 atom stereocenters. The summed E-state index contributed by atoms with van der Waals surface area (Å²) in [6.07, 6.45) is 8.07. The van der Waals surface area contributed by atoms with E-state index in [0.29, 0.717) is 11.1 Å². The molecule has 0 aliphatic heterocycles. The van der Waals surface area contributed by atoms with Crippen LogP contribution in [0.4, 0.5) is 4.39 Å². The number of hydrogen-bond donors (Lipinski definition) is 0. The molecule has 0 unspecified atom stereocenters. The van der Waals surface area contributed by atoms with Crippen molar-refractivity contribution in [2.24, 2.45) is 0 Å². The van der Waals surface area contributed by atoms with Gasteiger partial charge in [0.25, 0.3) is 0 Å². The average molecular weight is 188 g/mol. The smallest absolute Gasteiger partial charge is 0.131 e. The summed E-state index contributed by atoms with van der Waals surface area (Å²) in [5.41, 5.74) is 2.16. The van der Waals surface area contributed by atoms with Crippen LogP contribution in [0, 0.1) is 18.2 Å². The lowest BCUT2D eigenvalue weighted by atomic mass is 10.0. The summed E-state index contributed by atoms with van der Waals surface area (Å²) < 4.78 is 13.5. The Kier molecular flexibility index (Phi) is 3.48. The van der Waals surface area contributed by atoms with E-state index in [1.807, 2.05) is 19.9 Å². The molecule has 14 heavy (non-hydrogen) atoms. The monoisotopic (exact) mass is 188 g/mol. The minimum Gasteiger partial charge on any atom is -0.206 e. The fraction of sp³-hybridized carbons (Fsp3) is 0.231. The second kappa shape index (κ2) is 4.62. The molecule has 1 aromatic rings. The van der Waals surface area contributed by atoms with Crippen LogP contribution in [0.3, 0.4) is 0 Å². The zero-order valence-electron chi connectivity index (χ0n) is 8.47. The van der Waals surface area contributed by atoms with E-state index in [0.717, 1.165) is 12.0 Å². The minimum atomic E-state index is -0.248. The van der Waals surface area contributed by atoms with Crippen molar-refractivity contribution >= 4 is 5.57 Å². The van der Waals surface area contributed by atoms with Gasteiger partial charge in [-0.2, -0.15) is 0 Å². The maximum absolute atomic E-state index is 13.5. The van der Waals surface area contributed by atoms with Gasteiger partial charge < -0.3 is 0 Å². The first-order valence-electron chi connectivity index (χ1n) is 4.62. The minimum absolute atomic E-state index is 0.248. The van der Waals surface area contributed by atoms with Crippen molar-refractivity contribution in [3.05, 3.63) is 41.2 Å². The van der Waals surface area contributed by atoms with Crippen molar-refractivity contribution in [3.8, 4) is 12.3 Å². The van der Waals surface area contributed by atoms with E-state index >= 15 is 0 Å².